The molecule has 1 aromatic heterocycles. The van der Waals surface area contributed by atoms with E-state index in [0.717, 1.165) is 0 Å². The van der Waals surface area contributed by atoms with Crippen molar-refractivity contribution in [1.82, 2.24) is 10.5 Å². The van der Waals surface area contributed by atoms with Gasteiger partial charge in [0.05, 0.1) is 19.8 Å². The molecule has 0 unspecified atom stereocenters. The van der Waals surface area contributed by atoms with Crippen LogP contribution in [0, 0.1) is 11.8 Å². The maximum atomic E-state index is 12.1. The summed E-state index contributed by atoms with van der Waals surface area (Å²) in [5.41, 5.74) is 1.42. The molecular formula is C15H15N3O5. The number of ether oxygens (including phenoxy) is 2. The normalized spacial score (nSPS) is 19.0. The fourth-order valence-corrected chi connectivity index (χ4v) is 2.58. The van der Waals surface area contributed by atoms with Gasteiger partial charge in [-0.15, -0.1) is 0 Å². The topological polar surface area (TPSA) is 101 Å². The number of amides is 2. The van der Waals surface area contributed by atoms with Crippen LogP contribution in [0.3, 0.4) is 0 Å². The van der Waals surface area contributed by atoms with Gasteiger partial charge in [-0.25, -0.2) is 15.3 Å². The summed E-state index contributed by atoms with van der Waals surface area (Å²) in [5.74, 6) is 4.39. The van der Waals surface area contributed by atoms with Gasteiger partial charge in [-0.1, -0.05) is 5.92 Å². The van der Waals surface area contributed by atoms with Crippen LogP contribution < -0.4 is 10.4 Å². The van der Waals surface area contributed by atoms with Gasteiger partial charge in [-0.2, -0.15) is 0 Å². The Morgan fingerprint density at radius 1 is 1.39 bits per heavy atom. The molecule has 23 heavy (non-hydrogen) atoms. The van der Waals surface area contributed by atoms with E-state index >= 15 is 0 Å². The number of nitrogens with zero attached hydrogens (tertiary/aromatic N) is 2. The molecule has 3 heterocycles. The van der Waals surface area contributed by atoms with Crippen molar-refractivity contribution in [2.24, 2.45) is 0 Å². The smallest absolute Gasteiger partial charge is 0.416 e. The molecule has 0 aromatic carbocycles. The number of hydroxylamine groups is 1. The minimum absolute atomic E-state index is 0.419. The fraction of sp³-hybridized carbons (Fsp3) is 0.400. The van der Waals surface area contributed by atoms with Crippen LogP contribution in [0.4, 0.5) is 10.6 Å². The summed E-state index contributed by atoms with van der Waals surface area (Å²) in [7, 11) is 0. The Balaban J connectivity index is 1.73. The van der Waals surface area contributed by atoms with Crippen molar-refractivity contribution >= 4 is 17.8 Å². The molecule has 8 heteroatoms. The second kappa shape index (κ2) is 6.24. The van der Waals surface area contributed by atoms with E-state index in [1.807, 2.05) is 0 Å². The third kappa shape index (κ3) is 3.26. The monoisotopic (exact) mass is 317 g/mol. The van der Waals surface area contributed by atoms with E-state index < -0.39 is 17.6 Å². The minimum atomic E-state index is -0.807. The van der Waals surface area contributed by atoms with Gasteiger partial charge in [0.1, 0.15) is 11.4 Å². The first-order valence-corrected chi connectivity index (χ1v) is 7.12. The van der Waals surface area contributed by atoms with E-state index in [0.29, 0.717) is 44.0 Å². The predicted molar refractivity (Wildman–Crippen MR) is 77.7 cm³/mol. The van der Waals surface area contributed by atoms with Crippen LogP contribution in [0.1, 0.15) is 18.4 Å². The van der Waals surface area contributed by atoms with Crippen molar-refractivity contribution in [3.8, 4) is 11.8 Å². The van der Waals surface area contributed by atoms with Gasteiger partial charge in [0, 0.05) is 30.5 Å². The molecule has 1 aromatic rings. The summed E-state index contributed by atoms with van der Waals surface area (Å²) >= 11 is 0. The zero-order chi connectivity index (χ0) is 16.3. The molecule has 2 aliphatic rings. The highest BCUT2D eigenvalue weighted by atomic mass is 16.6. The zero-order valence-corrected chi connectivity index (χ0v) is 12.2. The van der Waals surface area contributed by atoms with Crippen molar-refractivity contribution in [3.05, 3.63) is 23.9 Å². The third-order valence-corrected chi connectivity index (χ3v) is 3.82. The van der Waals surface area contributed by atoms with Gasteiger partial charge in [0.25, 0.3) is 0 Å². The number of pyridine rings is 1. The summed E-state index contributed by atoms with van der Waals surface area (Å²) < 4.78 is 10.9. The van der Waals surface area contributed by atoms with Crippen LogP contribution >= 0.6 is 0 Å². The molecule has 2 aliphatic heterocycles. The number of hydrogen-bond donors (Lipinski definition) is 2. The Morgan fingerprint density at radius 2 is 2.17 bits per heavy atom. The zero-order valence-electron chi connectivity index (χ0n) is 12.2. The molecule has 1 spiro atoms. The first-order valence-electron chi connectivity index (χ1n) is 7.12. The summed E-state index contributed by atoms with van der Waals surface area (Å²) in [4.78, 5) is 28.6. The Labute approximate surface area is 132 Å². The van der Waals surface area contributed by atoms with E-state index in [1.54, 1.807) is 12.1 Å². The Hall–Kier alpha value is -2.63. The first-order chi connectivity index (χ1) is 11.1. The summed E-state index contributed by atoms with van der Waals surface area (Å²) in [6.07, 6.45) is 2.39. The molecule has 2 amide bonds. The Kier molecular flexibility index (Phi) is 4.14. The maximum absolute atomic E-state index is 12.1. The summed E-state index contributed by atoms with van der Waals surface area (Å²) in [5, 5.41) is 8.37. The maximum Gasteiger partial charge on any atom is 0.416 e. The lowest BCUT2D eigenvalue weighted by Gasteiger charge is -2.30. The minimum Gasteiger partial charge on any atom is -0.440 e. The molecule has 0 atom stereocenters. The lowest BCUT2D eigenvalue weighted by Crippen LogP contribution is -2.40. The summed E-state index contributed by atoms with van der Waals surface area (Å²) in [6, 6.07) is 3.28. The molecule has 2 saturated heterocycles. The van der Waals surface area contributed by atoms with Crippen LogP contribution in [-0.2, 0) is 14.3 Å². The van der Waals surface area contributed by atoms with Crippen molar-refractivity contribution in [1.29, 1.82) is 0 Å². The number of rotatable bonds is 1. The molecular weight excluding hydrogens is 302 g/mol. The number of carbonyl (C=O) groups is 2. The van der Waals surface area contributed by atoms with Gasteiger partial charge in [0.15, 0.2) is 0 Å². The second-order valence-corrected chi connectivity index (χ2v) is 5.35. The van der Waals surface area contributed by atoms with E-state index in [4.69, 9.17) is 14.7 Å². The van der Waals surface area contributed by atoms with Gasteiger partial charge in [0.2, 0.25) is 0 Å². The van der Waals surface area contributed by atoms with Crippen LogP contribution in [0.25, 0.3) is 0 Å². The summed E-state index contributed by atoms with van der Waals surface area (Å²) in [6.45, 7) is 1.60. The van der Waals surface area contributed by atoms with E-state index in [1.165, 1.54) is 16.6 Å². The average Bonchev–Trinajstić information content (AvgIpc) is 2.89. The molecule has 8 nitrogen and oxygen atoms in total. The first kappa shape index (κ1) is 15.3. The molecule has 0 bridgehead atoms. The van der Waals surface area contributed by atoms with Crippen LogP contribution in [0.2, 0.25) is 0 Å². The van der Waals surface area contributed by atoms with Gasteiger partial charge in [-0.05, 0) is 12.1 Å². The average molecular weight is 317 g/mol. The van der Waals surface area contributed by atoms with Crippen LogP contribution in [0.15, 0.2) is 18.3 Å². The van der Waals surface area contributed by atoms with Gasteiger partial charge in [-0.3, -0.25) is 14.9 Å². The molecule has 3 rings (SSSR count). The van der Waals surface area contributed by atoms with Crippen LogP contribution in [0.5, 0.6) is 0 Å². The van der Waals surface area contributed by atoms with Crippen molar-refractivity contribution in [3.63, 3.8) is 0 Å². The SMILES string of the molecule is O=C(C#Cc1ccc(N2CC3(CCOCC3)OC2=O)nc1)NO. The quantitative estimate of drug-likeness (QED) is 0.443. The molecule has 0 aliphatic carbocycles. The van der Waals surface area contributed by atoms with Gasteiger partial charge >= 0.3 is 12.0 Å². The Morgan fingerprint density at radius 3 is 2.83 bits per heavy atom. The lowest BCUT2D eigenvalue weighted by molar-refractivity contribution is -0.123. The lowest BCUT2D eigenvalue weighted by atomic mass is 9.94. The molecule has 2 fully saturated rings. The molecule has 0 saturated carbocycles. The number of carbonyl (C=O) groups excluding carboxylic acids is 2. The van der Waals surface area contributed by atoms with Crippen molar-refractivity contribution < 1.29 is 24.3 Å². The van der Waals surface area contributed by atoms with E-state index in [2.05, 4.69) is 16.8 Å². The van der Waals surface area contributed by atoms with Crippen molar-refractivity contribution in [2.75, 3.05) is 24.7 Å². The number of anilines is 1. The third-order valence-electron chi connectivity index (χ3n) is 3.82. The highest BCUT2D eigenvalue weighted by Crippen LogP contribution is 2.34. The Bertz CT molecular complexity index is 671. The second-order valence-electron chi connectivity index (χ2n) is 5.35. The van der Waals surface area contributed by atoms with Crippen molar-refractivity contribution in [2.45, 2.75) is 18.4 Å². The fourth-order valence-electron chi connectivity index (χ4n) is 2.58. The number of aromatic nitrogens is 1. The molecule has 120 valence electrons. The largest absolute Gasteiger partial charge is 0.440 e. The number of hydrogen-bond acceptors (Lipinski definition) is 6. The molecule has 2 N–H and O–H groups in total. The van der Waals surface area contributed by atoms with Gasteiger partial charge < -0.3 is 9.47 Å². The van der Waals surface area contributed by atoms with E-state index in [-0.39, 0.29) is 0 Å². The highest BCUT2D eigenvalue weighted by molar-refractivity contribution is 5.93. The number of nitrogens with one attached hydrogen (secondary N) is 1. The standard InChI is InChI=1S/C15H15N3O5/c19-13(17-21)4-2-11-1-3-12(16-9-11)18-10-15(23-14(18)20)5-7-22-8-6-15/h1,3,9,21H,5-8,10H2,(H,17,19). The highest BCUT2D eigenvalue weighted by Gasteiger charge is 2.47. The predicted octanol–water partition coefficient (Wildman–Crippen LogP) is 0.444. The van der Waals surface area contributed by atoms with Crippen LogP contribution in [-0.4, -0.2) is 47.6 Å². The molecule has 0 radical (unpaired) electrons. The van der Waals surface area contributed by atoms with E-state index in [9.17, 15) is 9.59 Å².